The molecule has 0 bridgehead atoms. The number of hydrogen-bond acceptors (Lipinski definition) is 5. The lowest BCUT2D eigenvalue weighted by molar-refractivity contribution is -0.115. The molecule has 0 aromatic carbocycles. The van der Waals surface area contributed by atoms with Crippen molar-refractivity contribution in [2.24, 2.45) is 0 Å². The molecular weight excluding hydrogens is 254 g/mol. The van der Waals surface area contributed by atoms with Gasteiger partial charge in [-0.2, -0.15) is 0 Å². The van der Waals surface area contributed by atoms with Crippen molar-refractivity contribution < 1.29 is 13.2 Å². The summed E-state index contributed by atoms with van der Waals surface area (Å²) in [7, 11) is 0.323. The summed E-state index contributed by atoms with van der Waals surface area (Å²) in [6.45, 7) is 1.35. The largest absolute Gasteiger partial charge is 0.363 e. The van der Waals surface area contributed by atoms with Crippen molar-refractivity contribution in [1.29, 1.82) is 0 Å². The summed E-state index contributed by atoms with van der Waals surface area (Å²) in [5, 5.41) is 1.44. The van der Waals surface area contributed by atoms with Gasteiger partial charge in [0.25, 0.3) is 0 Å². The van der Waals surface area contributed by atoms with Crippen molar-refractivity contribution in [2.45, 2.75) is 12.2 Å². The predicted octanol–water partition coefficient (Wildman–Crippen LogP) is 0.519. The van der Waals surface area contributed by atoms with Crippen LogP contribution in [0.1, 0.15) is 6.92 Å². The van der Waals surface area contributed by atoms with Crippen LogP contribution in [0.4, 0.5) is 11.5 Å². The van der Waals surface area contributed by atoms with E-state index in [2.05, 4.69) is 10.3 Å². The number of rotatable bonds is 4. The van der Waals surface area contributed by atoms with E-state index in [1.807, 2.05) is 19.0 Å². The highest BCUT2D eigenvalue weighted by atomic mass is 32.2. The van der Waals surface area contributed by atoms with Gasteiger partial charge in [0, 0.05) is 20.4 Å². The molecule has 18 heavy (non-hydrogen) atoms. The van der Waals surface area contributed by atoms with Crippen LogP contribution in [0.3, 0.4) is 0 Å². The summed E-state index contributed by atoms with van der Waals surface area (Å²) >= 11 is 0. The van der Waals surface area contributed by atoms with Gasteiger partial charge < -0.3 is 10.2 Å². The van der Waals surface area contributed by atoms with Gasteiger partial charge in [-0.25, -0.2) is 13.4 Å². The summed E-state index contributed by atoms with van der Waals surface area (Å²) in [5.41, 5.74) is 0.473. The molecule has 1 aromatic heterocycles. The number of sulfone groups is 1. The lowest BCUT2D eigenvalue weighted by atomic mass is 10.3. The molecule has 0 spiro atoms. The molecule has 0 aliphatic rings. The van der Waals surface area contributed by atoms with Gasteiger partial charge in [-0.3, -0.25) is 4.79 Å². The Balaban J connectivity index is 2.77. The number of amides is 1. The van der Waals surface area contributed by atoms with Gasteiger partial charge in [0.1, 0.15) is 11.1 Å². The zero-order chi connectivity index (χ0) is 13.9. The van der Waals surface area contributed by atoms with E-state index in [0.717, 1.165) is 12.1 Å². The predicted molar refractivity (Wildman–Crippen MR) is 71.5 cm³/mol. The summed E-state index contributed by atoms with van der Waals surface area (Å²) < 4.78 is 22.4. The number of carbonyl (C=O) groups excluding carboxylic acids is 1. The molecule has 0 fully saturated rings. The fourth-order valence-electron chi connectivity index (χ4n) is 1.16. The van der Waals surface area contributed by atoms with Crippen molar-refractivity contribution in [3.8, 4) is 0 Å². The zero-order valence-corrected chi connectivity index (χ0v) is 11.7. The second-order valence-electron chi connectivity index (χ2n) is 4.26. The Hall–Kier alpha value is -1.63. The molecule has 100 valence electrons. The molecule has 1 N–H and O–H groups in total. The summed E-state index contributed by atoms with van der Waals surface area (Å²) in [5.74, 6) is 0.195. The topological polar surface area (TPSA) is 79.4 Å². The zero-order valence-electron chi connectivity index (χ0n) is 10.8. The third-order valence-electron chi connectivity index (χ3n) is 2.49. The number of aromatic nitrogens is 1. The van der Waals surface area contributed by atoms with E-state index >= 15 is 0 Å². The van der Waals surface area contributed by atoms with Gasteiger partial charge in [-0.05, 0) is 19.1 Å². The Labute approximate surface area is 107 Å². The summed E-state index contributed by atoms with van der Waals surface area (Å²) in [6.07, 6.45) is 2.52. The van der Waals surface area contributed by atoms with Gasteiger partial charge in [0.05, 0.1) is 11.9 Å². The molecule has 0 saturated carbocycles. The number of nitrogens with zero attached hydrogens (tertiary/aromatic N) is 2. The minimum atomic E-state index is -3.38. The first-order valence-corrected chi connectivity index (χ1v) is 7.30. The average Bonchev–Trinajstić information content (AvgIpc) is 2.27. The van der Waals surface area contributed by atoms with E-state index < -0.39 is 21.0 Å². The molecule has 1 aromatic rings. The van der Waals surface area contributed by atoms with E-state index in [1.54, 1.807) is 12.1 Å². The Kier molecular flexibility index (Phi) is 4.28. The average molecular weight is 271 g/mol. The Bertz CT molecular complexity index is 523. The fourth-order valence-corrected chi connectivity index (χ4v) is 1.61. The van der Waals surface area contributed by atoms with Gasteiger partial charge >= 0.3 is 0 Å². The van der Waals surface area contributed by atoms with Crippen molar-refractivity contribution in [1.82, 2.24) is 4.98 Å². The van der Waals surface area contributed by atoms with Crippen LogP contribution < -0.4 is 10.2 Å². The molecule has 1 heterocycles. The third kappa shape index (κ3) is 3.69. The van der Waals surface area contributed by atoms with Gasteiger partial charge in [0.2, 0.25) is 5.91 Å². The maximum atomic E-state index is 11.6. The second kappa shape index (κ2) is 5.34. The van der Waals surface area contributed by atoms with Gasteiger partial charge in [0.15, 0.2) is 9.84 Å². The van der Waals surface area contributed by atoms with Crippen molar-refractivity contribution >= 4 is 27.2 Å². The molecule has 7 heteroatoms. The molecule has 1 amide bonds. The highest BCUT2D eigenvalue weighted by Crippen LogP contribution is 2.12. The number of hydrogen-bond donors (Lipinski definition) is 1. The summed E-state index contributed by atoms with van der Waals surface area (Å²) in [6, 6.07) is 3.41. The SMILES string of the molecule is C[C@@H](C(=O)Nc1ccc(N(C)C)nc1)S(C)(=O)=O. The van der Waals surface area contributed by atoms with Crippen molar-refractivity contribution in [3.05, 3.63) is 18.3 Å². The molecule has 0 radical (unpaired) electrons. The maximum Gasteiger partial charge on any atom is 0.242 e. The van der Waals surface area contributed by atoms with E-state index in [4.69, 9.17) is 0 Å². The quantitative estimate of drug-likeness (QED) is 0.863. The minimum Gasteiger partial charge on any atom is -0.363 e. The van der Waals surface area contributed by atoms with Crippen LogP contribution in [-0.4, -0.2) is 44.9 Å². The number of pyridine rings is 1. The number of anilines is 2. The lowest BCUT2D eigenvalue weighted by Gasteiger charge is -2.13. The highest BCUT2D eigenvalue weighted by molar-refractivity contribution is 7.92. The van der Waals surface area contributed by atoms with E-state index in [0.29, 0.717) is 5.69 Å². The first kappa shape index (κ1) is 14.4. The monoisotopic (exact) mass is 271 g/mol. The van der Waals surface area contributed by atoms with Crippen molar-refractivity contribution in [3.63, 3.8) is 0 Å². The molecule has 1 rings (SSSR count). The smallest absolute Gasteiger partial charge is 0.242 e. The molecule has 6 nitrogen and oxygen atoms in total. The fraction of sp³-hybridized carbons (Fsp3) is 0.455. The minimum absolute atomic E-state index is 0.473. The third-order valence-corrected chi connectivity index (χ3v) is 3.98. The van der Waals surface area contributed by atoms with Crippen LogP contribution in [0.2, 0.25) is 0 Å². The van der Waals surface area contributed by atoms with E-state index in [-0.39, 0.29) is 0 Å². The molecule has 1 atom stereocenters. The van der Waals surface area contributed by atoms with Crippen molar-refractivity contribution in [2.75, 3.05) is 30.6 Å². The lowest BCUT2D eigenvalue weighted by Crippen LogP contribution is -2.31. The Morgan fingerprint density at radius 1 is 1.39 bits per heavy atom. The molecular formula is C11H17N3O3S. The first-order valence-electron chi connectivity index (χ1n) is 5.35. The van der Waals surface area contributed by atoms with Gasteiger partial charge in [-0.15, -0.1) is 0 Å². The van der Waals surface area contributed by atoms with E-state index in [1.165, 1.54) is 13.1 Å². The van der Waals surface area contributed by atoms with Crippen LogP contribution in [0.25, 0.3) is 0 Å². The van der Waals surface area contributed by atoms with Crippen LogP contribution >= 0.6 is 0 Å². The molecule has 0 aliphatic heterocycles. The van der Waals surface area contributed by atoms with Crippen LogP contribution in [0.5, 0.6) is 0 Å². The first-order chi connectivity index (χ1) is 8.21. The molecule has 0 unspecified atom stereocenters. The number of nitrogens with one attached hydrogen (secondary N) is 1. The Morgan fingerprint density at radius 2 is 2.00 bits per heavy atom. The Morgan fingerprint density at radius 3 is 2.39 bits per heavy atom. The second-order valence-corrected chi connectivity index (χ2v) is 6.63. The molecule has 0 aliphatic carbocycles. The standard InChI is InChI=1S/C11H17N3O3S/c1-8(18(4,16)17)11(15)13-9-5-6-10(12-7-9)14(2)3/h5-8H,1-4H3,(H,13,15)/t8-/m0/s1. The normalized spacial score (nSPS) is 12.9. The van der Waals surface area contributed by atoms with Crippen LogP contribution in [0, 0.1) is 0 Å². The molecule has 0 saturated heterocycles. The number of carbonyl (C=O) groups is 1. The highest BCUT2D eigenvalue weighted by Gasteiger charge is 2.23. The maximum absolute atomic E-state index is 11.6. The van der Waals surface area contributed by atoms with Crippen LogP contribution in [-0.2, 0) is 14.6 Å². The summed E-state index contributed by atoms with van der Waals surface area (Å²) in [4.78, 5) is 17.6. The van der Waals surface area contributed by atoms with Crippen LogP contribution in [0.15, 0.2) is 18.3 Å². The van der Waals surface area contributed by atoms with Gasteiger partial charge in [-0.1, -0.05) is 0 Å². The van der Waals surface area contributed by atoms with E-state index in [9.17, 15) is 13.2 Å².